The van der Waals surface area contributed by atoms with E-state index < -0.39 is 0 Å². The molecule has 94 valence electrons. The molecule has 0 amide bonds. The van der Waals surface area contributed by atoms with E-state index >= 15 is 0 Å². The average Bonchev–Trinajstić information content (AvgIpc) is 2.40. The lowest BCUT2D eigenvalue weighted by molar-refractivity contribution is 0.398. The number of aromatic nitrogens is 1. The van der Waals surface area contributed by atoms with Crippen LogP contribution in [0.4, 0.5) is 10.2 Å². The van der Waals surface area contributed by atoms with Crippen LogP contribution in [-0.4, -0.2) is 12.1 Å². The summed E-state index contributed by atoms with van der Waals surface area (Å²) in [5, 5.41) is 3.05. The summed E-state index contributed by atoms with van der Waals surface area (Å²) >= 11 is 3.32. The maximum Gasteiger partial charge on any atom is 0.214 e. The first-order valence-electron chi connectivity index (χ1n) is 5.38. The van der Waals surface area contributed by atoms with Gasteiger partial charge in [0.15, 0.2) is 0 Å². The van der Waals surface area contributed by atoms with Gasteiger partial charge in [-0.25, -0.2) is 4.39 Å². The molecular formula is C13H12BrFN2O. The fourth-order valence-corrected chi connectivity index (χ4v) is 1.90. The Balaban J connectivity index is 2.08. The topological polar surface area (TPSA) is 34.1 Å². The molecule has 0 spiro atoms. The standard InChI is InChI=1S/C13H12BrFN2O/c1-18-13-4-2-3-12(17-13)16-8-9-7-10(14)5-6-11(9)15/h2-7H,8H2,1H3,(H,16,17). The first-order chi connectivity index (χ1) is 8.69. The predicted octanol–water partition coefficient (Wildman–Crippen LogP) is 3.60. The van der Waals surface area contributed by atoms with Gasteiger partial charge < -0.3 is 10.1 Å². The van der Waals surface area contributed by atoms with Gasteiger partial charge in [-0.2, -0.15) is 4.98 Å². The average molecular weight is 311 g/mol. The Morgan fingerprint density at radius 1 is 1.33 bits per heavy atom. The van der Waals surface area contributed by atoms with Gasteiger partial charge in [0.05, 0.1) is 7.11 Å². The van der Waals surface area contributed by atoms with E-state index in [1.54, 1.807) is 31.4 Å². The molecule has 1 N–H and O–H groups in total. The fraction of sp³-hybridized carbons (Fsp3) is 0.154. The highest BCUT2D eigenvalue weighted by Crippen LogP contribution is 2.17. The van der Waals surface area contributed by atoms with Crippen LogP contribution in [0.2, 0.25) is 0 Å². The van der Waals surface area contributed by atoms with E-state index in [9.17, 15) is 4.39 Å². The first kappa shape index (κ1) is 12.8. The molecule has 18 heavy (non-hydrogen) atoms. The number of rotatable bonds is 4. The van der Waals surface area contributed by atoms with Crippen LogP contribution in [0.25, 0.3) is 0 Å². The number of anilines is 1. The van der Waals surface area contributed by atoms with Crippen molar-refractivity contribution in [3.63, 3.8) is 0 Å². The van der Waals surface area contributed by atoms with Gasteiger partial charge in [0.2, 0.25) is 5.88 Å². The number of nitrogens with one attached hydrogen (secondary N) is 1. The molecule has 0 atom stereocenters. The monoisotopic (exact) mass is 310 g/mol. The summed E-state index contributed by atoms with van der Waals surface area (Å²) in [7, 11) is 1.56. The number of benzene rings is 1. The van der Waals surface area contributed by atoms with E-state index in [1.165, 1.54) is 6.07 Å². The summed E-state index contributed by atoms with van der Waals surface area (Å²) in [6.45, 7) is 0.367. The normalized spacial score (nSPS) is 10.2. The Morgan fingerprint density at radius 2 is 2.17 bits per heavy atom. The molecule has 0 radical (unpaired) electrons. The largest absolute Gasteiger partial charge is 0.481 e. The van der Waals surface area contributed by atoms with Gasteiger partial charge in [0.1, 0.15) is 11.6 Å². The zero-order valence-corrected chi connectivity index (χ0v) is 11.4. The summed E-state index contributed by atoms with van der Waals surface area (Å²) < 4.78 is 19.4. The molecule has 0 saturated heterocycles. The van der Waals surface area contributed by atoms with E-state index in [2.05, 4.69) is 26.2 Å². The van der Waals surface area contributed by atoms with Crippen molar-refractivity contribution in [2.45, 2.75) is 6.54 Å². The van der Waals surface area contributed by atoms with E-state index in [0.717, 1.165) is 4.47 Å². The molecule has 1 heterocycles. The molecule has 2 rings (SSSR count). The maximum absolute atomic E-state index is 13.5. The number of hydrogen-bond acceptors (Lipinski definition) is 3. The van der Waals surface area contributed by atoms with Crippen LogP contribution >= 0.6 is 15.9 Å². The smallest absolute Gasteiger partial charge is 0.214 e. The minimum atomic E-state index is -0.242. The molecular weight excluding hydrogens is 299 g/mol. The Hall–Kier alpha value is -1.62. The molecule has 1 aromatic carbocycles. The second-order valence-electron chi connectivity index (χ2n) is 3.65. The number of hydrogen-bond donors (Lipinski definition) is 1. The lowest BCUT2D eigenvalue weighted by Crippen LogP contribution is -2.03. The molecule has 0 unspecified atom stereocenters. The van der Waals surface area contributed by atoms with Crippen molar-refractivity contribution in [3.05, 3.63) is 52.3 Å². The van der Waals surface area contributed by atoms with Crippen LogP contribution in [0.3, 0.4) is 0 Å². The second kappa shape index (κ2) is 5.82. The Morgan fingerprint density at radius 3 is 2.94 bits per heavy atom. The summed E-state index contributed by atoms with van der Waals surface area (Å²) in [6, 6.07) is 10.2. The van der Waals surface area contributed by atoms with Gasteiger partial charge >= 0.3 is 0 Å². The SMILES string of the molecule is COc1cccc(NCc2cc(Br)ccc2F)n1. The molecule has 1 aromatic heterocycles. The zero-order chi connectivity index (χ0) is 13.0. The van der Waals surface area contributed by atoms with E-state index in [4.69, 9.17) is 4.74 Å². The van der Waals surface area contributed by atoms with Crippen LogP contribution in [-0.2, 0) is 6.54 Å². The Labute approximate surface area is 113 Å². The van der Waals surface area contributed by atoms with Crippen molar-refractivity contribution in [2.75, 3.05) is 12.4 Å². The summed E-state index contributed by atoms with van der Waals surface area (Å²) in [5.41, 5.74) is 0.578. The van der Waals surface area contributed by atoms with Crippen molar-refractivity contribution in [1.29, 1.82) is 0 Å². The van der Waals surface area contributed by atoms with Crippen molar-refractivity contribution >= 4 is 21.7 Å². The van der Waals surface area contributed by atoms with E-state index in [1.807, 2.05) is 6.07 Å². The highest BCUT2D eigenvalue weighted by molar-refractivity contribution is 9.10. The summed E-state index contributed by atoms with van der Waals surface area (Å²) in [6.07, 6.45) is 0. The third-order valence-corrected chi connectivity index (χ3v) is 2.89. The highest BCUT2D eigenvalue weighted by Gasteiger charge is 2.03. The van der Waals surface area contributed by atoms with Gasteiger partial charge in [0, 0.05) is 22.6 Å². The highest BCUT2D eigenvalue weighted by atomic mass is 79.9. The van der Waals surface area contributed by atoms with Gasteiger partial charge in [-0.15, -0.1) is 0 Å². The molecule has 0 aliphatic carbocycles. The number of methoxy groups -OCH3 is 1. The molecule has 0 fully saturated rings. The number of ether oxygens (including phenoxy) is 1. The van der Waals surface area contributed by atoms with Crippen LogP contribution in [0.5, 0.6) is 5.88 Å². The fourth-order valence-electron chi connectivity index (χ4n) is 1.49. The Bertz CT molecular complexity index is 548. The molecule has 0 aliphatic heterocycles. The predicted molar refractivity (Wildman–Crippen MR) is 72.2 cm³/mol. The van der Waals surface area contributed by atoms with Gasteiger partial charge in [-0.05, 0) is 24.3 Å². The van der Waals surface area contributed by atoms with E-state index in [-0.39, 0.29) is 5.82 Å². The third-order valence-electron chi connectivity index (χ3n) is 2.40. The minimum Gasteiger partial charge on any atom is -0.481 e. The minimum absolute atomic E-state index is 0.242. The molecule has 0 saturated carbocycles. The van der Waals surface area contributed by atoms with Crippen LogP contribution in [0.1, 0.15) is 5.56 Å². The van der Waals surface area contributed by atoms with Crippen molar-refractivity contribution < 1.29 is 9.13 Å². The maximum atomic E-state index is 13.5. The molecule has 0 aliphatic rings. The third kappa shape index (κ3) is 3.20. The van der Waals surface area contributed by atoms with Crippen LogP contribution < -0.4 is 10.1 Å². The number of pyridine rings is 1. The second-order valence-corrected chi connectivity index (χ2v) is 4.57. The van der Waals surface area contributed by atoms with Crippen molar-refractivity contribution in [3.8, 4) is 5.88 Å². The van der Waals surface area contributed by atoms with Gasteiger partial charge in [-0.1, -0.05) is 22.0 Å². The molecule has 0 bridgehead atoms. The van der Waals surface area contributed by atoms with Crippen molar-refractivity contribution in [2.24, 2.45) is 0 Å². The van der Waals surface area contributed by atoms with Crippen molar-refractivity contribution in [1.82, 2.24) is 4.98 Å². The quantitative estimate of drug-likeness (QED) is 0.937. The van der Waals surface area contributed by atoms with Gasteiger partial charge in [0.25, 0.3) is 0 Å². The number of halogens is 2. The lowest BCUT2D eigenvalue weighted by Gasteiger charge is -2.08. The first-order valence-corrected chi connectivity index (χ1v) is 6.17. The summed E-state index contributed by atoms with van der Waals surface area (Å²) in [4.78, 5) is 4.19. The van der Waals surface area contributed by atoms with Crippen LogP contribution in [0, 0.1) is 5.82 Å². The molecule has 3 nitrogen and oxygen atoms in total. The lowest BCUT2D eigenvalue weighted by atomic mass is 10.2. The van der Waals surface area contributed by atoms with Gasteiger partial charge in [-0.3, -0.25) is 0 Å². The van der Waals surface area contributed by atoms with Crippen LogP contribution in [0.15, 0.2) is 40.9 Å². The summed E-state index contributed by atoms with van der Waals surface area (Å²) in [5.74, 6) is 0.928. The Kier molecular flexibility index (Phi) is 4.15. The molecule has 2 aromatic rings. The molecule has 5 heteroatoms. The zero-order valence-electron chi connectivity index (χ0n) is 9.78. The number of nitrogens with zero attached hydrogens (tertiary/aromatic N) is 1. The van der Waals surface area contributed by atoms with E-state index in [0.29, 0.717) is 23.8 Å².